The van der Waals surface area contributed by atoms with Gasteiger partial charge in [-0.1, -0.05) is 12.1 Å². The van der Waals surface area contributed by atoms with Crippen LogP contribution in [0.4, 0.5) is 5.82 Å². The van der Waals surface area contributed by atoms with Crippen LogP contribution in [0.1, 0.15) is 41.4 Å². The third kappa shape index (κ3) is 6.36. The topological polar surface area (TPSA) is 157 Å². The van der Waals surface area contributed by atoms with Gasteiger partial charge in [0.05, 0.1) is 36.7 Å². The van der Waals surface area contributed by atoms with Gasteiger partial charge in [-0.3, -0.25) is 14.7 Å². The van der Waals surface area contributed by atoms with Gasteiger partial charge in [0.15, 0.2) is 5.82 Å². The average Bonchev–Trinajstić information content (AvgIpc) is 3.67. The number of rotatable bonds is 10. The molecule has 39 heavy (non-hydrogen) atoms. The Morgan fingerprint density at radius 3 is 2.69 bits per heavy atom. The number of likely N-dealkylation sites (tertiary alicyclic amines) is 1. The SMILES string of the molecule is NCCOCCC(=O)N1CCC(c2cc(NC(=O)c3cccc(-c4ccn[nH]4)n3)n(-c3ccccn3)n2)CC1. The number of pyridine rings is 2. The highest BCUT2D eigenvalue weighted by molar-refractivity contribution is 6.02. The van der Waals surface area contributed by atoms with Gasteiger partial charge in [0.25, 0.3) is 5.91 Å². The van der Waals surface area contributed by atoms with Crippen molar-refractivity contribution < 1.29 is 14.3 Å². The lowest BCUT2D eigenvalue weighted by atomic mass is 9.93. The van der Waals surface area contributed by atoms with Gasteiger partial charge in [-0.15, -0.1) is 0 Å². The summed E-state index contributed by atoms with van der Waals surface area (Å²) in [5.41, 5.74) is 7.87. The second-order valence-electron chi connectivity index (χ2n) is 9.19. The molecule has 0 atom stereocenters. The third-order valence-electron chi connectivity index (χ3n) is 6.58. The summed E-state index contributed by atoms with van der Waals surface area (Å²) in [5, 5.41) is 14.6. The Morgan fingerprint density at radius 2 is 1.95 bits per heavy atom. The van der Waals surface area contributed by atoms with Crippen LogP contribution in [0.15, 0.2) is 60.9 Å². The Morgan fingerprint density at radius 1 is 1.08 bits per heavy atom. The highest BCUT2D eigenvalue weighted by Crippen LogP contribution is 2.30. The number of carbonyl (C=O) groups excluding carboxylic acids is 2. The first kappa shape index (κ1) is 26.2. The summed E-state index contributed by atoms with van der Waals surface area (Å²) in [6.07, 6.45) is 5.21. The van der Waals surface area contributed by atoms with Crippen LogP contribution in [0.3, 0.4) is 0 Å². The minimum atomic E-state index is -0.364. The smallest absolute Gasteiger partial charge is 0.275 e. The van der Waals surface area contributed by atoms with Gasteiger partial charge >= 0.3 is 0 Å². The zero-order valence-corrected chi connectivity index (χ0v) is 21.5. The number of H-pyrrole nitrogens is 1. The summed E-state index contributed by atoms with van der Waals surface area (Å²) >= 11 is 0. The zero-order valence-electron chi connectivity index (χ0n) is 21.5. The first-order valence-electron chi connectivity index (χ1n) is 13.0. The number of amides is 2. The van der Waals surface area contributed by atoms with E-state index in [9.17, 15) is 9.59 Å². The monoisotopic (exact) mass is 529 g/mol. The van der Waals surface area contributed by atoms with Gasteiger partial charge in [-0.2, -0.15) is 14.9 Å². The van der Waals surface area contributed by atoms with Gasteiger partial charge in [0, 0.05) is 44.0 Å². The molecular formula is C27H31N9O3. The quantitative estimate of drug-likeness (QED) is 0.264. The van der Waals surface area contributed by atoms with Crippen molar-refractivity contribution in [1.82, 2.24) is 34.8 Å². The predicted octanol–water partition coefficient (Wildman–Crippen LogP) is 2.38. The first-order chi connectivity index (χ1) is 19.1. The number of carbonyl (C=O) groups is 2. The molecule has 0 aliphatic carbocycles. The van der Waals surface area contributed by atoms with Crippen molar-refractivity contribution >= 4 is 17.6 Å². The summed E-state index contributed by atoms with van der Waals surface area (Å²) in [5.74, 6) is 0.950. The molecule has 1 aliphatic rings. The molecular weight excluding hydrogens is 498 g/mol. The number of aromatic amines is 1. The maximum atomic E-state index is 13.2. The Bertz CT molecular complexity index is 1380. The normalized spacial score (nSPS) is 13.9. The molecule has 2 amide bonds. The predicted molar refractivity (Wildman–Crippen MR) is 144 cm³/mol. The molecule has 0 aromatic carbocycles. The maximum absolute atomic E-state index is 13.2. The molecule has 12 nitrogen and oxygen atoms in total. The van der Waals surface area contributed by atoms with Crippen molar-refractivity contribution in [2.75, 3.05) is 38.2 Å². The highest BCUT2D eigenvalue weighted by Gasteiger charge is 2.27. The molecule has 0 saturated carbocycles. The van der Waals surface area contributed by atoms with Gasteiger partial charge in [0.1, 0.15) is 11.5 Å². The number of hydrogen-bond donors (Lipinski definition) is 3. The van der Waals surface area contributed by atoms with E-state index in [1.807, 2.05) is 35.2 Å². The van der Waals surface area contributed by atoms with Crippen LogP contribution in [0, 0.1) is 0 Å². The van der Waals surface area contributed by atoms with Crippen LogP contribution in [-0.4, -0.2) is 79.5 Å². The Kier molecular flexibility index (Phi) is 8.34. The van der Waals surface area contributed by atoms with Gasteiger partial charge in [-0.05, 0) is 43.2 Å². The van der Waals surface area contributed by atoms with Crippen LogP contribution >= 0.6 is 0 Å². The standard InChI is InChI=1S/C27H31N9O3/c28-11-17-39-16-10-26(37)35-14-8-19(9-15-35)23-18-25(36(34-23)24-6-1-2-12-29-24)32-27(38)22-5-3-4-20(31-22)21-7-13-30-33-21/h1-7,12-13,18-19H,8-11,14-17,28H2,(H,30,33)(H,32,38). The van der Waals surface area contributed by atoms with E-state index in [-0.39, 0.29) is 23.4 Å². The Balaban J connectivity index is 1.30. The van der Waals surface area contributed by atoms with E-state index >= 15 is 0 Å². The van der Waals surface area contributed by atoms with Crippen molar-refractivity contribution in [3.05, 3.63) is 72.3 Å². The van der Waals surface area contributed by atoms with Crippen molar-refractivity contribution in [3.63, 3.8) is 0 Å². The van der Waals surface area contributed by atoms with E-state index in [0.717, 1.165) is 24.2 Å². The molecule has 12 heteroatoms. The molecule has 0 unspecified atom stereocenters. The summed E-state index contributed by atoms with van der Waals surface area (Å²) in [4.78, 5) is 36.5. The van der Waals surface area contributed by atoms with E-state index < -0.39 is 0 Å². The minimum Gasteiger partial charge on any atom is -0.380 e. The average molecular weight is 530 g/mol. The van der Waals surface area contributed by atoms with E-state index in [4.69, 9.17) is 15.6 Å². The number of nitrogens with zero attached hydrogens (tertiary/aromatic N) is 6. The molecule has 4 aromatic rings. The van der Waals surface area contributed by atoms with Crippen molar-refractivity contribution in [1.29, 1.82) is 0 Å². The summed E-state index contributed by atoms with van der Waals surface area (Å²) < 4.78 is 6.98. The van der Waals surface area contributed by atoms with Crippen molar-refractivity contribution in [3.8, 4) is 17.2 Å². The Hall–Kier alpha value is -4.42. The molecule has 1 aliphatic heterocycles. The maximum Gasteiger partial charge on any atom is 0.275 e. The van der Waals surface area contributed by atoms with Gasteiger partial charge < -0.3 is 20.7 Å². The largest absolute Gasteiger partial charge is 0.380 e. The van der Waals surface area contributed by atoms with Gasteiger partial charge in [-0.25, -0.2) is 9.97 Å². The number of piperidine rings is 1. The fourth-order valence-corrected chi connectivity index (χ4v) is 4.56. The number of nitrogens with two attached hydrogens (primary N) is 1. The number of anilines is 1. The fourth-order valence-electron chi connectivity index (χ4n) is 4.56. The van der Waals surface area contributed by atoms with E-state index in [1.54, 1.807) is 35.3 Å². The second-order valence-corrected chi connectivity index (χ2v) is 9.19. The lowest BCUT2D eigenvalue weighted by molar-refractivity contribution is -0.133. The third-order valence-corrected chi connectivity index (χ3v) is 6.58. The van der Waals surface area contributed by atoms with Crippen LogP contribution in [0.5, 0.6) is 0 Å². The van der Waals surface area contributed by atoms with Gasteiger partial charge in [0.2, 0.25) is 5.91 Å². The molecule has 5 heterocycles. The summed E-state index contributed by atoms with van der Waals surface area (Å²) in [6.45, 7) is 2.57. The number of aromatic nitrogens is 6. The summed E-state index contributed by atoms with van der Waals surface area (Å²) in [7, 11) is 0. The first-order valence-corrected chi connectivity index (χ1v) is 13.0. The van der Waals surface area contributed by atoms with Crippen LogP contribution < -0.4 is 11.1 Å². The van der Waals surface area contributed by atoms with Crippen LogP contribution in [-0.2, 0) is 9.53 Å². The fraction of sp³-hybridized carbons (Fsp3) is 0.333. The second kappa shape index (κ2) is 12.4. The lowest BCUT2D eigenvalue weighted by Gasteiger charge is -2.31. The molecule has 0 bridgehead atoms. The van der Waals surface area contributed by atoms with Crippen LogP contribution in [0.25, 0.3) is 17.2 Å². The number of ether oxygens (including phenoxy) is 1. The van der Waals surface area contributed by atoms with Crippen molar-refractivity contribution in [2.24, 2.45) is 5.73 Å². The lowest BCUT2D eigenvalue weighted by Crippen LogP contribution is -2.38. The number of nitrogens with one attached hydrogen (secondary N) is 2. The molecule has 4 N–H and O–H groups in total. The molecule has 1 saturated heterocycles. The van der Waals surface area contributed by atoms with E-state index in [0.29, 0.717) is 56.6 Å². The molecule has 4 aromatic heterocycles. The zero-order chi connectivity index (χ0) is 27.0. The summed E-state index contributed by atoms with van der Waals surface area (Å²) in [6, 6.07) is 14.4. The molecule has 0 radical (unpaired) electrons. The molecule has 5 rings (SSSR count). The van der Waals surface area contributed by atoms with E-state index in [1.165, 1.54) is 0 Å². The molecule has 0 spiro atoms. The van der Waals surface area contributed by atoms with Crippen molar-refractivity contribution in [2.45, 2.75) is 25.2 Å². The molecule has 1 fully saturated rings. The number of hydrogen-bond acceptors (Lipinski definition) is 8. The highest BCUT2D eigenvalue weighted by atomic mass is 16.5. The molecule has 202 valence electrons. The van der Waals surface area contributed by atoms with E-state index in [2.05, 4.69) is 25.5 Å². The minimum absolute atomic E-state index is 0.0855. The van der Waals surface area contributed by atoms with Crippen LogP contribution in [0.2, 0.25) is 0 Å². The Labute approximate surface area is 225 Å².